The number of aliphatic carboxylic acids is 1. The minimum absolute atomic E-state index is 0.00200. The molecule has 0 radical (unpaired) electrons. The Labute approximate surface area is 148 Å². The number of alkyl carbamates (subject to hydrolysis) is 1. The van der Waals surface area contributed by atoms with Crippen LogP contribution in [-0.4, -0.2) is 45.8 Å². The number of carbonyl (C=O) groups is 2. The van der Waals surface area contributed by atoms with Gasteiger partial charge in [0, 0.05) is 12.2 Å². The van der Waals surface area contributed by atoms with Crippen LogP contribution in [0.5, 0.6) is 0 Å². The molecule has 12 nitrogen and oxygen atoms in total. The van der Waals surface area contributed by atoms with E-state index in [1.54, 1.807) is 20.8 Å². The lowest BCUT2D eigenvalue weighted by Gasteiger charge is -2.38. The van der Waals surface area contributed by atoms with Crippen molar-refractivity contribution in [2.75, 3.05) is 22.3 Å². The summed E-state index contributed by atoms with van der Waals surface area (Å²) >= 11 is 0. The first kappa shape index (κ1) is 21.2. The normalized spacial score (nSPS) is 12.1. The molecule has 1 atom stereocenters. The van der Waals surface area contributed by atoms with Gasteiger partial charge in [-0.25, -0.2) is 9.59 Å². The molecule has 0 saturated heterocycles. The molecule has 0 fully saturated rings. The van der Waals surface area contributed by atoms with Crippen LogP contribution in [0, 0.1) is 10.4 Å². The lowest BCUT2D eigenvalue weighted by atomic mass is 10.2. The van der Waals surface area contributed by atoms with Crippen LogP contribution in [0.25, 0.3) is 0 Å². The molecule has 1 aromatic carbocycles. The molecule has 146 valence electrons. The molecular weight excluding hydrogens is 352 g/mol. The third-order valence-corrected chi connectivity index (χ3v) is 2.89. The van der Waals surface area contributed by atoms with Crippen LogP contribution in [0.3, 0.4) is 0 Å². The number of amides is 1. The van der Waals surface area contributed by atoms with E-state index in [-0.39, 0.29) is 23.1 Å². The first-order valence-electron chi connectivity index (χ1n) is 7.33. The molecule has 0 aliphatic carbocycles. The van der Waals surface area contributed by atoms with Gasteiger partial charge in [0.15, 0.2) is 0 Å². The second kappa shape index (κ2) is 8.53. The van der Waals surface area contributed by atoms with Crippen LogP contribution in [0.4, 0.5) is 21.9 Å². The first-order chi connectivity index (χ1) is 11.9. The standard InChI is InChI=1S/C14H20N4O8/c1-14(2,3)26-13(21)16-10(12(19)20)7-15-9-5-4-8(17(22)23)6-11(9)18(24)25/h4-6,10,15,24-25H,7H2,1-3H3,(H,16,21)(H,19,20)/q-2. The number of hydrogen-bond acceptors (Lipinski definition) is 10. The van der Waals surface area contributed by atoms with E-state index in [1.807, 2.05) is 0 Å². The van der Waals surface area contributed by atoms with Gasteiger partial charge in [0.2, 0.25) is 0 Å². The topological polar surface area (TPSA) is 181 Å². The molecule has 5 N–H and O–H groups in total. The van der Waals surface area contributed by atoms with Gasteiger partial charge in [-0.15, -0.1) is 5.23 Å². The Morgan fingerprint density at radius 1 is 1.27 bits per heavy atom. The number of ether oxygens (including phenoxy) is 1. The molecule has 0 heterocycles. The molecule has 1 rings (SSSR count). The van der Waals surface area contributed by atoms with Gasteiger partial charge in [0.05, 0.1) is 5.69 Å². The van der Waals surface area contributed by atoms with E-state index in [0.29, 0.717) is 0 Å². The predicted octanol–water partition coefficient (Wildman–Crippen LogP) is 1.46. The number of carboxylic acid groups (broad SMARTS) is 1. The predicted molar refractivity (Wildman–Crippen MR) is 91.0 cm³/mol. The van der Waals surface area contributed by atoms with Crippen LogP contribution in [-0.2, 0) is 9.53 Å². The van der Waals surface area contributed by atoms with Gasteiger partial charge in [0.1, 0.15) is 17.3 Å². The fourth-order valence-electron chi connectivity index (χ4n) is 1.81. The Morgan fingerprint density at radius 2 is 1.88 bits per heavy atom. The number of carboxylic acids is 1. The molecule has 0 aromatic heterocycles. The van der Waals surface area contributed by atoms with Crippen LogP contribution < -0.4 is 21.1 Å². The summed E-state index contributed by atoms with van der Waals surface area (Å²) in [6, 6.07) is 1.73. The van der Waals surface area contributed by atoms with Crippen LogP contribution >= 0.6 is 0 Å². The maximum Gasteiger partial charge on any atom is 0.408 e. The SMILES string of the molecule is CC(C)(C)OC(=O)NC(CNc1ccc(N([O-])[O-])cc1N(O)O)C(=O)O. The summed E-state index contributed by atoms with van der Waals surface area (Å²) < 4.78 is 4.97. The second-order valence-electron chi connectivity index (χ2n) is 6.17. The highest BCUT2D eigenvalue weighted by molar-refractivity contribution is 5.81. The fraction of sp³-hybridized carbons (Fsp3) is 0.429. The van der Waals surface area contributed by atoms with E-state index < -0.39 is 34.6 Å². The number of hydrogen-bond donors (Lipinski definition) is 5. The van der Waals surface area contributed by atoms with Crippen molar-refractivity contribution < 1.29 is 29.8 Å². The quantitative estimate of drug-likeness (QED) is 0.437. The minimum Gasteiger partial charge on any atom is -0.769 e. The molecule has 26 heavy (non-hydrogen) atoms. The molecule has 1 aromatic rings. The lowest BCUT2D eigenvalue weighted by Crippen LogP contribution is -2.47. The number of carbonyl (C=O) groups excluding carboxylic acids is 1. The fourth-order valence-corrected chi connectivity index (χ4v) is 1.81. The molecule has 1 amide bonds. The van der Waals surface area contributed by atoms with Crippen LogP contribution in [0.15, 0.2) is 18.2 Å². The zero-order valence-corrected chi connectivity index (χ0v) is 14.3. The van der Waals surface area contributed by atoms with Crippen molar-refractivity contribution >= 4 is 29.1 Å². The van der Waals surface area contributed by atoms with E-state index in [9.17, 15) is 35.5 Å². The Balaban J connectivity index is 2.86. The molecule has 12 heteroatoms. The maximum atomic E-state index is 11.7. The Bertz CT molecular complexity index is 644. The number of anilines is 3. The Hall–Kier alpha value is -2.80. The maximum absolute atomic E-state index is 11.7. The minimum atomic E-state index is -1.40. The zero-order valence-electron chi connectivity index (χ0n) is 14.3. The largest absolute Gasteiger partial charge is 0.769 e. The summed E-state index contributed by atoms with van der Waals surface area (Å²) in [6.07, 6.45) is -0.943. The van der Waals surface area contributed by atoms with E-state index in [2.05, 4.69) is 10.6 Å². The van der Waals surface area contributed by atoms with Crippen molar-refractivity contribution in [2.24, 2.45) is 0 Å². The smallest absolute Gasteiger partial charge is 0.408 e. The van der Waals surface area contributed by atoms with Gasteiger partial charge >= 0.3 is 12.1 Å². The molecule has 1 unspecified atom stereocenters. The highest BCUT2D eigenvalue weighted by atomic mass is 16.8. The molecule has 0 aliphatic heterocycles. The molecule has 0 aliphatic rings. The first-order valence-corrected chi connectivity index (χ1v) is 7.33. The summed E-state index contributed by atoms with van der Waals surface area (Å²) in [5.41, 5.74) is -1.60. The van der Waals surface area contributed by atoms with E-state index in [4.69, 9.17) is 4.74 Å². The van der Waals surface area contributed by atoms with Crippen molar-refractivity contribution in [3.05, 3.63) is 28.6 Å². The van der Waals surface area contributed by atoms with Gasteiger partial charge in [0.25, 0.3) is 0 Å². The summed E-state index contributed by atoms with van der Waals surface area (Å²) in [6.45, 7) is 4.48. The number of nitrogens with zero attached hydrogens (tertiary/aromatic N) is 2. The zero-order chi connectivity index (χ0) is 20.1. The summed E-state index contributed by atoms with van der Waals surface area (Å²) in [5.74, 6) is -1.36. The van der Waals surface area contributed by atoms with E-state index in [1.165, 1.54) is 6.07 Å². The third kappa shape index (κ3) is 6.60. The van der Waals surface area contributed by atoms with Gasteiger partial charge in [-0.2, -0.15) is 0 Å². The average molecular weight is 372 g/mol. The molecule has 0 saturated carbocycles. The van der Waals surface area contributed by atoms with Crippen molar-refractivity contribution in [3.8, 4) is 0 Å². The number of nitrogens with one attached hydrogen (secondary N) is 2. The Kier molecular flexibility index (Phi) is 6.97. The van der Waals surface area contributed by atoms with Crippen molar-refractivity contribution in [1.29, 1.82) is 0 Å². The lowest BCUT2D eigenvalue weighted by molar-refractivity contribution is -0.139. The van der Waals surface area contributed by atoms with Crippen LogP contribution in [0.1, 0.15) is 20.8 Å². The third-order valence-electron chi connectivity index (χ3n) is 2.89. The summed E-state index contributed by atoms with van der Waals surface area (Å²) in [5, 5.41) is 52.7. The van der Waals surface area contributed by atoms with E-state index in [0.717, 1.165) is 12.1 Å². The van der Waals surface area contributed by atoms with Gasteiger partial charge < -0.3 is 36.1 Å². The molecule has 0 spiro atoms. The average Bonchev–Trinajstić information content (AvgIpc) is 2.48. The molecule has 0 bridgehead atoms. The summed E-state index contributed by atoms with van der Waals surface area (Å²) in [7, 11) is 0. The van der Waals surface area contributed by atoms with E-state index >= 15 is 0 Å². The van der Waals surface area contributed by atoms with Crippen molar-refractivity contribution in [2.45, 2.75) is 32.4 Å². The van der Waals surface area contributed by atoms with Crippen LogP contribution in [0.2, 0.25) is 0 Å². The van der Waals surface area contributed by atoms with Gasteiger partial charge in [-0.05, 0) is 39.0 Å². The number of benzene rings is 1. The Morgan fingerprint density at radius 3 is 2.35 bits per heavy atom. The second-order valence-corrected chi connectivity index (χ2v) is 6.17. The van der Waals surface area contributed by atoms with Gasteiger partial charge in [-0.3, -0.25) is 10.4 Å². The highest BCUT2D eigenvalue weighted by Crippen LogP contribution is 2.29. The number of rotatable bonds is 7. The monoisotopic (exact) mass is 372 g/mol. The van der Waals surface area contributed by atoms with Crippen molar-refractivity contribution in [3.63, 3.8) is 0 Å². The van der Waals surface area contributed by atoms with Gasteiger partial charge in [-0.1, -0.05) is 0 Å². The summed E-state index contributed by atoms with van der Waals surface area (Å²) in [4.78, 5) is 23.0. The molecular formula is C14H20N4O8-2. The highest BCUT2D eigenvalue weighted by Gasteiger charge is 2.24. The van der Waals surface area contributed by atoms with Crippen molar-refractivity contribution in [1.82, 2.24) is 5.32 Å².